The molecule has 0 bridgehead atoms. The van der Waals surface area contributed by atoms with Gasteiger partial charge < -0.3 is 10.1 Å². The fourth-order valence-corrected chi connectivity index (χ4v) is 4.54. The lowest BCUT2D eigenvalue weighted by Gasteiger charge is -2.21. The molecule has 31 heavy (non-hydrogen) atoms. The van der Waals surface area contributed by atoms with Gasteiger partial charge in [-0.1, -0.05) is 26.0 Å². The highest BCUT2D eigenvalue weighted by Gasteiger charge is 2.34. The van der Waals surface area contributed by atoms with Crippen LogP contribution in [0.1, 0.15) is 41.0 Å². The van der Waals surface area contributed by atoms with Crippen molar-refractivity contribution in [2.24, 2.45) is 5.92 Å². The molecule has 0 aliphatic carbocycles. The molecular formula is C23H29N3O4S. The van der Waals surface area contributed by atoms with Crippen LogP contribution < -0.4 is 10.1 Å². The van der Waals surface area contributed by atoms with Crippen molar-refractivity contribution in [2.45, 2.75) is 50.7 Å². The number of ether oxygens (including phenoxy) is 1. The van der Waals surface area contributed by atoms with E-state index in [9.17, 15) is 13.2 Å². The highest BCUT2D eigenvalue weighted by molar-refractivity contribution is 7.92. The lowest BCUT2D eigenvalue weighted by atomic mass is 10.1. The molecule has 1 amide bonds. The van der Waals surface area contributed by atoms with Crippen molar-refractivity contribution in [3.8, 4) is 17.0 Å². The van der Waals surface area contributed by atoms with Gasteiger partial charge in [-0.25, -0.2) is 13.4 Å². The molecule has 1 aromatic carbocycles. The highest BCUT2D eigenvalue weighted by atomic mass is 32.2. The molecule has 0 saturated carbocycles. The number of imidazole rings is 1. The van der Waals surface area contributed by atoms with Crippen LogP contribution in [-0.2, 0) is 14.6 Å². The first kappa shape index (κ1) is 22.8. The number of carbonyl (C=O) groups is 1. The van der Waals surface area contributed by atoms with Crippen molar-refractivity contribution in [1.82, 2.24) is 9.38 Å². The predicted octanol–water partition coefficient (Wildman–Crippen LogP) is 4.57. The molecule has 1 N–H and O–H groups in total. The summed E-state index contributed by atoms with van der Waals surface area (Å²) in [6, 6.07) is 9.03. The standard InChI is InChI=1S/C23H29N3O4S/c1-15(2)10-22(27)25-17-9-7-8-16(11-17)18-13-24-21-12-19(30-6)20(14-26(18)21)31(28,29)23(3,4)5/h7-9,11-15H,10H2,1-6H3,(H,25,27). The van der Waals surface area contributed by atoms with Crippen molar-refractivity contribution < 1.29 is 17.9 Å². The predicted molar refractivity (Wildman–Crippen MR) is 122 cm³/mol. The number of rotatable bonds is 6. The van der Waals surface area contributed by atoms with Gasteiger partial charge in [0.05, 0.1) is 23.7 Å². The summed E-state index contributed by atoms with van der Waals surface area (Å²) in [5, 5.41) is 2.91. The van der Waals surface area contributed by atoms with Crippen LogP contribution in [0.15, 0.2) is 47.6 Å². The molecule has 0 aliphatic heterocycles. The zero-order chi connectivity index (χ0) is 23.0. The summed E-state index contributed by atoms with van der Waals surface area (Å²) >= 11 is 0. The number of benzene rings is 1. The zero-order valence-corrected chi connectivity index (χ0v) is 19.6. The SMILES string of the molecule is COc1cc2ncc(-c3cccc(NC(=O)CC(C)C)c3)n2cc1S(=O)(=O)C(C)(C)C. The molecule has 3 rings (SSSR count). The molecule has 0 fully saturated rings. The molecule has 2 aromatic heterocycles. The Bertz CT molecular complexity index is 1220. The summed E-state index contributed by atoms with van der Waals surface area (Å²) in [6.07, 6.45) is 3.67. The van der Waals surface area contributed by atoms with Crippen LogP contribution in [0, 0.1) is 5.92 Å². The number of nitrogens with one attached hydrogen (secondary N) is 1. The van der Waals surface area contributed by atoms with E-state index in [1.165, 1.54) is 7.11 Å². The van der Waals surface area contributed by atoms with Crippen LogP contribution in [0.25, 0.3) is 16.9 Å². The number of hydrogen-bond donors (Lipinski definition) is 1. The van der Waals surface area contributed by atoms with E-state index >= 15 is 0 Å². The first-order valence-corrected chi connectivity index (χ1v) is 11.6. The van der Waals surface area contributed by atoms with Crippen molar-refractivity contribution in [2.75, 3.05) is 12.4 Å². The number of carbonyl (C=O) groups excluding carboxylic acids is 1. The van der Waals surface area contributed by atoms with Crippen LogP contribution >= 0.6 is 0 Å². The van der Waals surface area contributed by atoms with Gasteiger partial charge in [0.15, 0.2) is 9.84 Å². The van der Waals surface area contributed by atoms with Crippen molar-refractivity contribution in [3.05, 3.63) is 42.7 Å². The molecule has 166 valence electrons. The fraction of sp³-hybridized carbons (Fsp3) is 0.391. The third-order valence-corrected chi connectivity index (χ3v) is 7.42. The van der Waals surface area contributed by atoms with Crippen LogP contribution in [0.5, 0.6) is 5.75 Å². The second-order valence-corrected chi connectivity index (χ2v) is 11.6. The summed E-state index contributed by atoms with van der Waals surface area (Å²) in [5.74, 6) is 0.475. The van der Waals surface area contributed by atoms with Gasteiger partial charge in [0.2, 0.25) is 5.91 Å². The number of aromatic nitrogens is 2. The topological polar surface area (TPSA) is 89.8 Å². The van der Waals surface area contributed by atoms with E-state index in [4.69, 9.17) is 4.74 Å². The normalized spacial score (nSPS) is 12.4. The van der Waals surface area contributed by atoms with Crippen LogP contribution in [0.4, 0.5) is 5.69 Å². The van der Waals surface area contributed by atoms with Gasteiger partial charge in [0.25, 0.3) is 0 Å². The Balaban J connectivity index is 2.10. The van der Waals surface area contributed by atoms with E-state index in [0.29, 0.717) is 23.4 Å². The minimum Gasteiger partial charge on any atom is -0.495 e. The summed E-state index contributed by atoms with van der Waals surface area (Å²) in [6.45, 7) is 8.95. The van der Waals surface area contributed by atoms with E-state index in [1.807, 2.05) is 38.1 Å². The number of methoxy groups -OCH3 is 1. The van der Waals surface area contributed by atoms with Gasteiger partial charge in [-0.3, -0.25) is 9.20 Å². The van der Waals surface area contributed by atoms with Gasteiger partial charge >= 0.3 is 0 Å². The van der Waals surface area contributed by atoms with Crippen molar-refractivity contribution in [1.29, 1.82) is 0 Å². The van der Waals surface area contributed by atoms with Gasteiger partial charge in [0, 0.05) is 29.9 Å². The summed E-state index contributed by atoms with van der Waals surface area (Å²) in [5.41, 5.74) is 2.75. The van der Waals surface area contributed by atoms with Crippen molar-refractivity contribution >= 4 is 27.1 Å². The van der Waals surface area contributed by atoms with Crippen LogP contribution in [0.3, 0.4) is 0 Å². The summed E-state index contributed by atoms with van der Waals surface area (Å²) in [7, 11) is -2.21. The molecule has 0 saturated heterocycles. The van der Waals surface area contributed by atoms with Gasteiger partial charge in [-0.05, 0) is 38.8 Å². The third-order valence-electron chi connectivity index (χ3n) is 4.93. The van der Waals surface area contributed by atoms with Gasteiger partial charge in [0.1, 0.15) is 16.3 Å². The van der Waals surface area contributed by atoms with Crippen LogP contribution in [0.2, 0.25) is 0 Å². The second-order valence-electron chi connectivity index (χ2n) is 8.92. The lowest BCUT2D eigenvalue weighted by Crippen LogP contribution is -2.28. The van der Waals surface area contributed by atoms with E-state index < -0.39 is 14.6 Å². The quantitative estimate of drug-likeness (QED) is 0.603. The lowest BCUT2D eigenvalue weighted by molar-refractivity contribution is -0.116. The molecule has 0 atom stereocenters. The molecule has 0 spiro atoms. The third kappa shape index (κ3) is 4.58. The molecule has 0 unspecified atom stereocenters. The van der Waals surface area contributed by atoms with E-state index in [2.05, 4.69) is 10.3 Å². The van der Waals surface area contributed by atoms with Gasteiger partial charge in [-0.2, -0.15) is 0 Å². The first-order chi connectivity index (χ1) is 14.4. The number of anilines is 1. The first-order valence-electron chi connectivity index (χ1n) is 10.1. The molecule has 3 aromatic rings. The molecule has 8 heteroatoms. The Morgan fingerprint density at radius 1 is 1.23 bits per heavy atom. The maximum atomic E-state index is 13.1. The number of sulfone groups is 1. The molecular weight excluding hydrogens is 414 g/mol. The van der Waals surface area contributed by atoms with Crippen LogP contribution in [-0.4, -0.2) is 35.6 Å². The van der Waals surface area contributed by atoms with Gasteiger partial charge in [-0.15, -0.1) is 0 Å². The average molecular weight is 444 g/mol. The minimum atomic E-state index is -3.65. The molecule has 0 radical (unpaired) electrons. The average Bonchev–Trinajstić information content (AvgIpc) is 3.08. The Kier molecular flexibility index (Phi) is 6.14. The number of hydrogen-bond acceptors (Lipinski definition) is 5. The minimum absolute atomic E-state index is 0.0476. The molecule has 2 heterocycles. The van der Waals surface area contributed by atoms with Crippen molar-refractivity contribution in [3.63, 3.8) is 0 Å². The highest BCUT2D eigenvalue weighted by Crippen LogP contribution is 2.34. The maximum absolute atomic E-state index is 13.1. The summed E-state index contributed by atoms with van der Waals surface area (Å²) in [4.78, 5) is 16.7. The number of amides is 1. The Labute approximate surface area is 183 Å². The monoisotopic (exact) mass is 443 g/mol. The second kappa shape index (κ2) is 8.34. The fourth-order valence-electron chi connectivity index (χ4n) is 3.23. The van der Waals surface area contributed by atoms with E-state index in [-0.39, 0.29) is 22.5 Å². The Morgan fingerprint density at radius 2 is 1.94 bits per heavy atom. The Hall–Kier alpha value is -2.87. The summed E-state index contributed by atoms with van der Waals surface area (Å²) < 4.78 is 32.4. The Morgan fingerprint density at radius 3 is 2.55 bits per heavy atom. The number of pyridine rings is 1. The molecule has 7 nitrogen and oxygen atoms in total. The zero-order valence-electron chi connectivity index (χ0n) is 18.8. The largest absolute Gasteiger partial charge is 0.495 e. The van der Waals surface area contributed by atoms with E-state index in [1.54, 1.807) is 43.6 Å². The van der Waals surface area contributed by atoms with E-state index in [0.717, 1.165) is 5.56 Å². The molecule has 0 aliphatic rings. The number of fused-ring (bicyclic) bond motifs is 1. The maximum Gasteiger partial charge on any atom is 0.224 e. The smallest absolute Gasteiger partial charge is 0.224 e. The number of nitrogens with zero attached hydrogens (tertiary/aromatic N) is 2.